The van der Waals surface area contributed by atoms with Gasteiger partial charge in [-0.3, -0.25) is 9.48 Å². The third-order valence-electron chi connectivity index (χ3n) is 4.04. The molecule has 6 nitrogen and oxygen atoms in total. The molecule has 1 aliphatic heterocycles. The van der Waals surface area contributed by atoms with E-state index in [1.165, 1.54) is 6.26 Å². The van der Waals surface area contributed by atoms with Crippen molar-refractivity contribution in [3.05, 3.63) is 28.4 Å². The lowest BCUT2D eigenvalue weighted by atomic mass is 10.2. The summed E-state index contributed by atoms with van der Waals surface area (Å²) >= 11 is 3.39. The van der Waals surface area contributed by atoms with Crippen LogP contribution < -0.4 is 0 Å². The number of halogens is 1. The summed E-state index contributed by atoms with van der Waals surface area (Å²) in [6, 6.07) is 5.57. The number of likely N-dealkylation sites (tertiary alicyclic amines) is 1. The first-order valence-electron chi connectivity index (χ1n) is 6.88. The van der Waals surface area contributed by atoms with E-state index in [2.05, 4.69) is 21.0 Å². The van der Waals surface area contributed by atoms with Gasteiger partial charge in [0, 0.05) is 36.3 Å². The summed E-state index contributed by atoms with van der Waals surface area (Å²) in [6.07, 6.45) is 1.72. The van der Waals surface area contributed by atoms with E-state index >= 15 is 0 Å². The second-order valence-electron chi connectivity index (χ2n) is 5.63. The van der Waals surface area contributed by atoms with Crippen LogP contribution in [0.2, 0.25) is 0 Å². The number of amides is 1. The Morgan fingerprint density at radius 3 is 2.77 bits per heavy atom. The van der Waals surface area contributed by atoms with Gasteiger partial charge >= 0.3 is 0 Å². The van der Waals surface area contributed by atoms with Crippen LogP contribution in [0.5, 0.6) is 0 Å². The van der Waals surface area contributed by atoms with Gasteiger partial charge in [-0.2, -0.15) is 5.10 Å². The Morgan fingerprint density at radius 1 is 1.41 bits per heavy atom. The molecule has 0 aliphatic carbocycles. The zero-order chi connectivity index (χ0) is 16.1. The zero-order valence-electron chi connectivity index (χ0n) is 12.3. The average Bonchev–Trinajstić information content (AvgIpc) is 3.00. The van der Waals surface area contributed by atoms with Crippen LogP contribution >= 0.6 is 15.9 Å². The molecule has 1 amide bonds. The van der Waals surface area contributed by atoms with Crippen LogP contribution in [0.15, 0.2) is 22.7 Å². The van der Waals surface area contributed by atoms with Crippen molar-refractivity contribution in [3.63, 3.8) is 0 Å². The molecule has 1 unspecified atom stereocenters. The molecule has 2 heterocycles. The predicted molar refractivity (Wildman–Crippen MR) is 87.6 cm³/mol. The summed E-state index contributed by atoms with van der Waals surface area (Å²) in [5, 5.41) is 4.66. The number of aromatic nitrogens is 2. The van der Waals surface area contributed by atoms with Gasteiger partial charge in [-0.05, 0) is 24.6 Å². The summed E-state index contributed by atoms with van der Waals surface area (Å²) in [4.78, 5) is 14.4. The lowest BCUT2D eigenvalue weighted by Gasteiger charge is -2.16. The minimum absolute atomic E-state index is 0.168. The SMILES string of the molecule is Cn1nc2cc(Br)ccc2c1C(=O)N1CCC(S(C)(=O)=O)C1. The number of hydrogen-bond donors (Lipinski definition) is 0. The molecule has 0 N–H and O–H groups in total. The minimum atomic E-state index is -3.12. The van der Waals surface area contributed by atoms with Crippen LogP contribution in [-0.2, 0) is 16.9 Å². The highest BCUT2D eigenvalue weighted by Gasteiger charge is 2.34. The van der Waals surface area contributed by atoms with Gasteiger partial charge in [0.2, 0.25) is 0 Å². The molecule has 22 heavy (non-hydrogen) atoms. The molecule has 0 radical (unpaired) electrons. The van der Waals surface area contributed by atoms with Crippen molar-refractivity contribution in [3.8, 4) is 0 Å². The molecule has 1 aromatic heterocycles. The summed E-state index contributed by atoms with van der Waals surface area (Å²) in [7, 11) is -1.39. The van der Waals surface area contributed by atoms with Crippen LogP contribution in [0, 0.1) is 0 Å². The maximum Gasteiger partial charge on any atom is 0.272 e. The molecule has 1 fully saturated rings. The maximum atomic E-state index is 12.8. The van der Waals surface area contributed by atoms with Crippen molar-refractivity contribution in [1.82, 2.24) is 14.7 Å². The fourth-order valence-electron chi connectivity index (χ4n) is 2.84. The van der Waals surface area contributed by atoms with E-state index in [1.54, 1.807) is 16.6 Å². The number of sulfone groups is 1. The van der Waals surface area contributed by atoms with Crippen molar-refractivity contribution in [2.75, 3.05) is 19.3 Å². The normalized spacial score (nSPS) is 19.0. The Balaban J connectivity index is 1.95. The number of carbonyl (C=O) groups is 1. The second kappa shape index (κ2) is 5.34. The molecule has 118 valence electrons. The Bertz CT molecular complexity index is 860. The molecule has 8 heteroatoms. The first-order chi connectivity index (χ1) is 10.3. The molecular weight excluding hydrogens is 370 g/mol. The van der Waals surface area contributed by atoms with Crippen LogP contribution in [-0.4, -0.2) is 53.6 Å². The quantitative estimate of drug-likeness (QED) is 0.786. The Labute approximate surface area is 137 Å². The smallest absolute Gasteiger partial charge is 0.272 e. The van der Waals surface area contributed by atoms with Gasteiger partial charge in [-0.1, -0.05) is 15.9 Å². The lowest BCUT2D eigenvalue weighted by Crippen LogP contribution is -2.32. The summed E-state index contributed by atoms with van der Waals surface area (Å²) in [5.74, 6) is -0.168. The fraction of sp³-hybridized carbons (Fsp3) is 0.429. The van der Waals surface area contributed by atoms with Crippen LogP contribution in [0.1, 0.15) is 16.9 Å². The zero-order valence-corrected chi connectivity index (χ0v) is 14.7. The summed E-state index contributed by atoms with van der Waals surface area (Å²) in [6.45, 7) is 0.709. The van der Waals surface area contributed by atoms with Gasteiger partial charge in [0.15, 0.2) is 9.84 Å². The minimum Gasteiger partial charge on any atom is -0.336 e. The van der Waals surface area contributed by atoms with E-state index < -0.39 is 15.1 Å². The monoisotopic (exact) mass is 385 g/mol. The Kier molecular flexibility index (Phi) is 3.76. The van der Waals surface area contributed by atoms with Crippen molar-refractivity contribution >= 4 is 42.6 Å². The predicted octanol–water partition coefficient (Wildman–Crippen LogP) is 1.59. The Hall–Kier alpha value is -1.41. The largest absolute Gasteiger partial charge is 0.336 e. The fourth-order valence-corrected chi connectivity index (χ4v) is 4.17. The molecule has 0 bridgehead atoms. The van der Waals surface area contributed by atoms with Crippen LogP contribution in [0.4, 0.5) is 0 Å². The third kappa shape index (κ3) is 2.65. The average molecular weight is 386 g/mol. The first-order valence-corrected chi connectivity index (χ1v) is 9.62. The number of hydrogen-bond acceptors (Lipinski definition) is 4. The number of rotatable bonds is 2. The highest BCUT2D eigenvalue weighted by atomic mass is 79.9. The van der Waals surface area contributed by atoms with Crippen molar-refractivity contribution in [2.24, 2.45) is 7.05 Å². The summed E-state index contributed by atoms with van der Waals surface area (Å²) in [5.41, 5.74) is 1.23. The van der Waals surface area contributed by atoms with Gasteiger partial charge in [-0.25, -0.2) is 8.42 Å². The van der Waals surface area contributed by atoms with Crippen molar-refractivity contribution < 1.29 is 13.2 Å². The van der Waals surface area contributed by atoms with E-state index in [4.69, 9.17) is 0 Å². The highest BCUT2D eigenvalue weighted by Crippen LogP contribution is 2.25. The van der Waals surface area contributed by atoms with Crippen molar-refractivity contribution in [1.29, 1.82) is 0 Å². The molecule has 1 atom stereocenters. The second-order valence-corrected chi connectivity index (χ2v) is 8.87. The van der Waals surface area contributed by atoms with E-state index in [9.17, 15) is 13.2 Å². The number of fused-ring (bicyclic) bond motifs is 1. The summed E-state index contributed by atoms with van der Waals surface area (Å²) < 4.78 is 25.7. The van der Waals surface area contributed by atoms with Gasteiger partial charge in [0.25, 0.3) is 5.91 Å². The van der Waals surface area contributed by atoms with Gasteiger partial charge < -0.3 is 4.90 Å². The van der Waals surface area contributed by atoms with Crippen molar-refractivity contribution in [2.45, 2.75) is 11.7 Å². The van der Waals surface area contributed by atoms with E-state index in [0.717, 1.165) is 15.4 Å². The molecule has 0 saturated carbocycles. The molecule has 1 aromatic carbocycles. The molecule has 1 saturated heterocycles. The Morgan fingerprint density at radius 2 is 2.14 bits per heavy atom. The topological polar surface area (TPSA) is 72.3 Å². The van der Waals surface area contributed by atoms with Gasteiger partial charge in [0.05, 0.1) is 10.8 Å². The van der Waals surface area contributed by atoms with E-state index in [-0.39, 0.29) is 12.5 Å². The third-order valence-corrected chi connectivity index (χ3v) is 6.13. The van der Waals surface area contributed by atoms with Crippen LogP contribution in [0.25, 0.3) is 10.9 Å². The maximum absolute atomic E-state index is 12.8. The van der Waals surface area contributed by atoms with E-state index in [1.807, 2.05) is 18.2 Å². The van der Waals surface area contributed by atoms with Gasteiger partial charge in [0.1, 0.15) is 5.69 Å². The standard InChI is InChI=1S/C14H16BrN3O3S/c1-17-13(11-4-3-9(15)7-12(11)16-17)14(19)18-6-5-10(8-18)22(2,20)21/h3-4,7,10H,5-6,8H2,1-2H3. The number of aryl methyl sites for hydroxylation is 1. The van der Waals surface area contributed by atoms with E-state index in [0.29, 0.717) is 18.7 Å². The molecular formula is C14H16BrN3O3S. The molecule has 2 aromatic rings. The van der Waals surface area contributed by atoms with Gasteiger partial charge in [-0.15, -0.1) is 0 Å². The molecule has 1 aliphatic rings. The number of nitrogens with zero attached hydrogens (tertiary/aromatic N) is 3. The molecule has 0 spiro atoms. The number of carbonyl (C=O) groups excluding carboxylic acids is 1. The van der Waals surface area contributed by atoms with Crippen LogP contribution in [0.3, 0.4) is 0 Å². The number of benzene rings is 1. The lowest BCUT2D eigenvalue weighted by molar-refractivity contribution is 0.0784. The molecule has 3 rings (SSSR count). The highest BCUT2D eigenvalue weighted by molar-refractivity contribution is 9.10. The first kappa shape index (κ1) is 15.5.